The van der Waals surface area contributed by atoms with Gasteiger partial charge < -0.3 is 10.1 Å². The highest BCUT2D eigenvalue weighted by Crippen LogP contribution is 2.46. The quantitative estimate of drug-likeness (QED) is 0.845. The van der Waals surface area contributed by atoms with E-state index in [1.165, 1.54) is 36.1 Å². The fraction of sp³-hybridized carbons (Fsp3) is 0.524. The molecule has 0 spiro atoms. The predicted molar refractivity (Wildman–Crippen MR) is 95.7 cm³/mol. The van der Waals surface area contributed by atoms with Crippen molar-refractivity contribution in [2.24, 2.45) is 11.8 Å². The number of nitrogens with one attached hydrogen (secondary N) is 1. The Bertz CT molecular complexity index is 618. The van der Waals surface area contributed by atoms with Gasteiger partial charge >= 0.3 is 0 Å². The first kappa shape index (κ1) is 15.0. The summed E-state index contributed by atoms with van der Waals surface area (Å²) in [6.45, 7) is 3.16. The lowest BCUT2D eigenvalue weighted by Crippen LogP contribution is -2.45. The topological polar surface area (TPSA) is 21.3 Å². The number of benzene rings is 1. The lowest BCUT2D eigenvalue weighted by Gasteiger charge is -2.45. The van der Waals surface area contributed by atoms with Crippen LogP contribution >= 0.6 is 0 Å². The molecule has 3 aliphatic rings. The van der Waals surface area contributed by atoms with Crippen LogP contribution in [-0.2, 0) is 11.2 Å². The van der Waals surface area contributed by atoms with Gasteiger partial charge in [0.2, 0.25) is 0 Å². The van der Waals surface area contributed by atoms with E-state index in [4.69, 9.17) is 4.74 Å². The van der Waals surface area contributed by atoms with Crippen molar-refractivity contribution in [3.8, 4) is 0 Å². The van der Waals surface area contributed by atoms with Gasteiger partial charge in [0.05, 0.1) is 6.10 Å². The summed E-state index contributed by atoms with van der Waals surface area (Å²) >= 11 is 0. The zero-order valence-electron chi connectivity index (χ0n) is 14.0. The molecule has 1 saturated heterocycles. The van der Waals surface area contributed by atoms with Crippen LogP contribution in [0.2, 0.25) is 0 Å². The molecule has 1 aromatic carbocycles. The molecule has 2 heterocycles. The van der Waals surface area contributed by atoms with Crippen LogP contribution in [-0.4, -0.2) is 12.6 Å². The van der Waals surface area contributed by atoms with Gasteiger partial charge in [-0.15, -0.1) is 0 Å². The molecule has 0 radical (unpaired) electrons. The van der Waals surface area contributed by atoms with E-state index in [1.54, 1.807) is 0 Å². The molecule has 4 rings (SSSR count). The number of hydrogen-bond acceptors (Lipinski definition) is 2. The molecule has 1 N–H and O–H groups in total. The highest BCUT2D eigenvalue weighted by atomic mass is 16.5. The third kappa shape index (κ3) is 2.85. The summed E-state index contributed by atoms with van der Waals surface area (Å²) in [7, 11) is 0. The van der Waals surface area contributed by atoms with Crippen molar-refractivity contribution in [2.75, 3.05) is 11.9 Å². The monoisotopic (exact) mass is 309 g/mol. The number of allylic oxidation sites excluding steroid dienone is 3. The van der Waals surface area contributed by atoms with Crippen molar-refractivity contribution < 1.29 is 4.74 Å². The van der Waals surface area contributed by atoms with Crippen LogP contribution in [0, 0.1) is 11.8 Å². The molecule has 2 heteroatoms. The van der Waals surface area contributed by atoms with Gasteiger partial charge in [-0.2, -0.15) is 0 Å². The summed E-state index contributed by atoms with van der Waals surface area (Å²) in [5.74, 6) is 1.17. The molecule has 1 aliphatic carbocycles. The maximum absolute atomic E-state index is 6.28. The van der Waals surface area contributed by atoms with Gasteiger partial charge in [0.1, 0.15) is 0 Å². The van der Waals surface area contributed by atoms with Crippen molar-refractivity contribution in [1.29, 1.82) is 0 Å². The Balaban J connectivity index is 1.68. The van der Waals surface area contributed by atoms with Crippen LogP contribution in [0.25, 0.3) is 0 Å². The summed E-state index contributed by atoms with van der Waals surface area (Å²) < 4.78 is 6.28. The van der Waals surface area contributed by atoms with Gasteiger partial charge in [0.25, 0.3) is 0 Å². The van der Waals surface area contributed by atoms with Crippen LogP contribution < -0.4 is 5.32 Å². The van der Waals surface area contributed by atoms with Crippen LogP contribution in [0.5, 0.6) is 0 Å². The molecule has 23 heavy (non-hydrogen) atoms. The second-order valence-corrected chi connectivity index (χ2v) is 7.15. The van der Waals surface area contributed by atoms with E-state index < -0.39 is 0 Å². The van der Waals surface area contributed by atoms with E-state index in [-0.39, 0.29) is 6.10 Å². The predicted octanol–water partition coefficient (Wildman–Crippen LogP) is 5.03. The maximum Gasteiger partial charge on any atom is 0.0892 e. The molecule has 122 valence electrons. The SMILES string of the molecule is CCCc1ccc2c(c1)[C@H]1OCCC[C@H]1[C@H](C1C=CC=CC1)N2. The Morgan fingerprint density at radius 1 is 1.26 bits per heavy atom. The maximum atomic E-state index is 6.28. The number of anilines is 1. The van der Waals surface area contributed by atoms with Crippen molar-refractivity contribution in [3.63, 3.8) is 0 Å². The first-order chi connectivity index (χ1) is 11.4. The normalized spacial score (nSPS) is 32.0. The molecular formula is C21H27NO. The van der Waals surface area contributed by atoms with E-state index in [0.717, 1.165) is 19.4 Å². The number of fused-ring (bicyclic) bond motifs is 3. The highest BCUT2D eigenvalue weighted by molar-refractivity contribution is 5.57. The fourth-order valence-electron chi connectivity index (χ4n) is 4.49. The largest absolute Gasteiger partial charge is 0.381 e. The van der Waals surface area contributed by atoms with E-state index in [9.17, 15) is 0 Å². The lowest BCUT2D eigenvalue weighted by atomic mass is 9.73. The Morgan fingerprint density at radius 3 is 3.04 bits per heavy atom. The molecule has 0 bridgehead atoms. The van der Waals surface area contributed by atoms with Crippen molar-refractivity contribution >= 4 is 5.69 Å². The Labute approximate surface area is 139 Å². The zero-order valence-corrected chi connectivity index (χ0v) is 14.0. The number of aryl methyl sites for hydroxylation is 1. The van der Waals surface area contributed by atoms with Crippen LogP contribution in [0.15, 0.2) is 42.5 Å². The van der Waals surface area contributed by atoms with E-state index in [2.05, 4.69) is 54.7 Å². The average molecular weight is 309 g/mol. The molecule has 4 atom stereocenters. The van der Waals surface area contributed by atoms with Crippen molar-refractivity contribution in [3.05, 3.63) is 53.6 Å². The van der Waals surface area contributed by atoms with Gasteiger partial charge in [-0.25, -0.2) is 0 Å². The molecular weight excluding hydrogens is 282 g/mol. The van der Waals surface area contributed by atoms with Gasteiger partial charge in [0, 0.05) is 35.7 Å². The Hall–Kier alpha value is -1.54. The second-order valence-electron chi connectivity index (χ2n) is 7.15. The molecule has 1 fully saturated rings. The minimum atomic E-state index is 0.279. The first-order valence-corrected chi connectivity index (χ1v) is 9.21. The first-order valence-electron chi connectivity index (χ1n) is 9.21. The van der Waals surface area contributed by atoms with Crippen molar-refractivity contribution in [2.45, 2.75) is 51.2 Å². The van der Waals surface area contributed by atoms with Crippen LogP contribution in [0.4, 0.5) is 5.69 Å². The van der Waals surface area contributed by atoms with Gasteiger partial charge in [-0.05, 0) is 37.3 Å². The summed E-state index contributed by atoms with van der Waals surface area (Å²) in [5, 5.41) is 3.87. The lowest BCUT2D eigenvalue weighted by molar-refractivity contribution is -0.0418. The third-order valence-corrected chi connectivity index (χ3v) is 5.59. The second kappa shape index (κ2) is 6.52. The van der Waals surface area contributed by atoms with Crippen LogP contribution in [0.3, 0.4) is 0 Å². The molecule has 2 nitrogen and oxygen atoms in total. The minimum absolute atomic E-state index is 0.279. The Morgan fingerprint density at radius 2 is 2.22 bits per heavy atom. The molecule has 2 aliphatic heterocycles. The Kier molecular flexibility index (Phi) is 4.26. The number of rotatable bonds is 3. The van der Waals surface area contributed by atoms with Crippen LogP contribution in [0.1, 0.15) is 49.8 Å². The summed E-state index contributed by atoms with van der Waals surface area (Å²) in [6.07, 6.45) is 15.3. The fourth-order valence-corrected chi connectivity index (χ4v) is 4.49. The van der Waals surface area contributed by atoms with Gasteiger partial charge in [0.15, 0.2) is 0 Å². The summed E-state index contributed by atoms with van der Waals surface area (Å²) in [6, 6.07) is 7.45. The van der Waals surface area contributed by atoms with Gasteiger partial charge in [-0.3, -0.25) is 0 Å². The van der Waals surface area contributed by atoms with E-state index in [0.29, 0.717) is 17.9 Å². The van der Waals surface area contributed by atoms with Gasteiger partial charge in [-0.1, -0.05) is 49.8 Å². The molecule has 1 unspecified atom stereocenters. The molecule has 0 saturated carbocycles. The smallest absolute Gasteiger partial charge is 0.0892 e. The minimum Gasteiger partial charge on any atom is -0.381 e. The third-order valence-electron chi connectivity index (χ3n) is 5.59. The average Bonchev–Trinajstić information content (AvgIpc) is 2.62. The highest BCUT2D eigenvalue weighted by Gasteiger charge is 2.41. The molecule has 0 amide bonds. The zero-order chi connectivity index (χ0) is 15.6. The van der Waals surface area contributed by atoms with Crippen molar-refractivity contribution in [1.82, 2.24) is 0 Å². The summed E-state index contributed by atoms with van der Waals surface area (Å²) in [5.41, 5.74) is 4.13. The molecule has 1 aromatic rings. The van der Waals surface area contributed by atoms with E-state index >= 15 is 0 Å². The molecule has 0 aromatic heterocycles. The number of hydrogen-bond donors (Lipinski definition) is 1. The summed E-state index contributed by atoms with van der Waals surface area (Å²) in [4.78, 5) is 0. The van der Waals surface area contributed by atoms with E-state index in [1.807, 2.05) is 0 Å². The standard InChI is InChI=1S/C21H27NO/c1-2-7-15-11-12-19-18(14-15)21-17(10-6-13-23-21)20(22-19)16-8-4-3-5-9-16/h3-5,8,11-12,14,16-17,20-22H,2,6-7,9-10,13H2,1H3/t16?,17-,20-,21-/m0/s1. The number of ether oxygens (including phenoxy) is 1.